The summed E-state index contributed by atoms with van der Waals surface area (Å²) in [6.45, 7) is 6.35. The molecule has 0 unspecified atom stereocenters. The Kier molecular flexibility index (Phi) is 7.46. The second-order valence-corrected chi connectivity index (χ2v) is 12.1. The molecule has 1 aromatic carbocycles. The SMILES string of the molecule is C=C(F)C(=O)N1CCN(c2nc(=O)n(-c3c(C)ccnc3S(C)(=O)=O)c3nc(-c4c(O)cccc4F)c(F)cc23)[C@@H](C)C1. The second kappa shape index (κ2) is 10.8. The van der Waals surface area contributed by atoms with E-state index in [1.807, 2.05) is 0 Å². The minimum absolute atomic E-state index is 0.0189. The predicted octanol–water partition coefficient (Wildman–Crippen LogP) is 3.06. The number of aromatic nitrogens is 4. The lowest BCUT2D eigenvalue weighted by Crippen LogP contribution is -2.54. The second-order valence-electron chi connectivity index (χ2n) is 10.1. The number of phenolic OH excluding ortho intramolecular Hbond substituents is 1. The number of fused-ring (bicyclic) bond motifs is 1. The van der Waals surface area contributed by atoms with Crippen LogP contribution in [0.1, 0.15) is 12.5 Å². The van der Waals surface area contributed by atoms with Crippen LogP contribution in [0.5, 0.6) is 5.75 Å². The van der Waals surface area contributed by atoms with Crippen molar-refractivity contribution in [3.8, 4) is 22.7 Å². The van der Waals surface area contributed by atoms with E-state index < -0.39 is 67.0 Å². The highest BCUT2D eigenvalue weighted by molar-refractivity contribution is 7.90. The van der Waals surface area contributed by atoms with Gasteiger partial charge in [-0.2, -0.15) is 4.98 Å². The number of amides is 1. The molecular formula is C28H25F3N6O5S. The van der Waals surface area contributed by atoms with Crippen molar-refractivity contribution in [1.82, 2.24) is 24.4 Å². The van der Waals surface area contributed by atoms with E-state index in [2.05, 4.69) is 21.5 Å². The average molecular weight is 615 g/mol. The molecule has 0 spiro atoms. The van der Waals surface area contributed by atoms with Crippen molar-refractivity contribution in [3.05, 3.63) is 76.6 Å². The highest BCUT2D eigenvalue weighted by Crippen LogP contribution is 2.36. The van der Waals surface area contributed by atoms with Crippen molar-refractivity contribution in [2.45, 2.75) is 24.9 Å². The number of carbonyl (C=O) groups is 1. The van der Waals surface area contributed by atoms with Crippen LogP contribution in [-0.4, -0.2) is 75.8 Å². The van der Waals surface area contributed by atoms with Crippen LogP contribution in [-0.2, 0) is 14.6 Å². The summed E-state index contributed by atoms with van der Waals surface area (Å²) < 4.78 is 70.4. The number of halogens is 3. The summed E-state index contributed by atoms with van der Waals surface area (Å²) in [4.78, 5) is 41.2. The fraction of sp³-hybridized carbons (Fsp3) is 0.250. The Morgan fingerprint density at radius 3 is 2.49 bits per heavy atom. The van der Waals surface area contributed by atoms with Gasteiger partial charge in [0.1, 0.15) is 23.1 Å². The van der Waals surface area contributed by atoms with Crippen LogP contribution >= 0.6 is 0 Å². The zero-order valence-electron chi connectivity index (χ0n) is 23.2. The first-order valence-electron chi connectivity index (χ1n) is 12.9. The fourth-order valence-corrected chi connectivity index (χ4v) is 6.00. The zero-order chi connectivity index (χ0) is 31.4. The molecule has 43 heavy (non-hydrogen) atoms. The standard InChI is InChI=1S/C28H25F3N6O5S/c1-14-8-9-32-26(43(4,41)42)23(14)37-25-17(12-19(31)22(33-25)21-18(30)6-5-7-20(21)38)24(34-28(37)40)36-11-10-35(13-15(36)2)27(39)16(3)29/h5-9,12,15,38H,3,10-11,13H2,1-2,4H3/t15-/m0/s1. The van der Waals surface area contributed by atoms with Crippen LogP contribution in [0.2, 0.25) is 0 Å². The monoisotopic (exact) mass is 614 g/mol. The largest absolute Gasteiger partial charge is 0.507 e. The third-order valence-corrected chi connectivity index (χ3v) is 8.12. The minimum Gasteiger partial charge on any atom is -0.507 e. The number of aryl methyl sites for hydroxylation is 1. The van der Waals surface area contributed by atoms with E-state index in [0.29, 0.717) is 5.56 Å². The van der Waals surface area contributed by atoms with Crippen molar-refractivity contribution in [1.29, 1.82) is 0 Å². The predicted molar refractivity (Wildman–Crippen MR) is 151 cm³/mol. The molecule has 0 saturated carbocycles. The van der Waals surface area contributed by atoms with E-state index in [1.54, 1.807) is 11.8 Å². The molecule has 0 aliphatic carbocycles. The number of piperazine rings is 1. The van der Waals surface area contributed by atoms with E-state index in [4.69, 9.17) is 0 Å². The molecule has 1 amide bonds. The van der Waals surface area contributed by atoms with Gasteiger partial charge in [-0.25, -0.2) is 40.9 Å². The molecule has 1 aliphatic rings. The maximum Gasteiger partial charge on any atom is 0.355 e. The number of hydrogen-bond donors (Lipinski definition) is 1. The van der Waals surface area contributed by atoms with Crippen LogP contribution in [0, 0.1) is 18.6 Å². The quantitative estimate of drug-likeness (QED) is 0.336. The molecule has 11 nitrogen and oxygen atoms in total. The first-order valence-corrected chi connectivity index (χ1v) is 14.8. The molecule has 15 heteroatoms. The number of pyridine rings is 2. The van der Waals surface area contributed by atoms with Crippen LogP contribution in [0.4, 0.5) is 19.0 Å². The van der Waals surface area contributed by atoms with Crippen molar-refractivity contribution in [3.63, 3.8) is 0 Å². The maximum atomic E-state index is 15.8. The number of aromatic hydroxyl groups is 1. The molecule has 224 valence electrons. The summed E-state index contributed by atoms with van der Waals surface area (Å²) >= 11 is 0. The van der Waals surface area contributed by atoms with Gasteiger partial charge in [0.25, 0.3) is 5.91 Å². The number of rotatable bonds is 5. The third-order valence-electron chi connectivity index (χ3n) is 7.12. The van der Waals surface area contributed by atoms with E-state index in [-0.39, 0.29) is 42.2 Å². The Bertz CT molecular complexity index is 1980. The fourth-order valence-electron chi connectivity index (χ4n) is 5.15. The van der Waals surface area contributed by atoms with Gasteiger partial charge in [-0.05, 0) is 43.7 Å². The Balaban J connectivity index is 1.84. The molecule has 5 rings (SSSR count). The van der Waals surface area contributed by atoms with Gasteiger partial charge in [-0.15, -0.1) is 0 Å². The lowest BCUT2D eigenvalue weighted by atomic mass is 10.1. The number of sulfone groups is 1. The molecule has 4 heterocycles. The Morgan fingerprint density at radius 1 is 1.14 bits per heavy atom. The lowest BCUT2D eigenvalue weighted by molar-refractivity contribution is -0.129. The van der Waals surface area contributed by atoms with Crippen LogP contribution in [0.15, 0.2) is 58.8 Å². The molecule has 4 aromatic rings. The topological polar surface area (TPSA) is 139 Å². The van der Waals surface area contributed by atoms with Gasteiger partial charge in [0.05, 0.1) is 16.6 Å². The van der Waals surface area contributed by atoms with Crippen molar-refractivity contribution < 1.29 is 31.5 Å². The zero-order valence-corrected chi connectivity index (χ0v) is 24.0. The van der Waals surface area contributed by atoms with Crippen LogP contribution < -0.4 is 10.6 Å². The summed E-state index contributed by atoms with van der Waals surface area (Å²) in [6, 6.07) is 5.21. The molecule has 1 atom stereocenters. The van der Waals surface area contributed by atoms with Gasteiger partial charge < -0.3 is 14.9 Å². The van der Waals surface area contributed by atoms with Crippen LogP contribution in [0.3, 0.4) is 0 Å². The summed E-state index contributed by atoms with van der Waals surface area (Å²) in [7, 11) is -4.02. The van der Waals surface area contributed by atoms with Gasteiger partial charge >= 0.3 is 5.69 Å². The summed E-state index contributed by atoms with van der Waals surface area (Å²) in [6.07, 6.45) is 2.15. The van der Waals surface area contributed by atoms with Crippen molar-refractivity contribution in [2.24, 2.45) is 0 Å². The normalized spacial score (nSPS) is 15.6. The number of anilines is 1. The average Bonchev–Trinajstić information content (AvgIpc) is 2.92. The highest BCUT2D eigenvalue weighted by Gasteiger charge is 2.32. The Hall–Kier alpha value is -4.79. The summed E-state index contributed by atoms with van der Waals surface area (Å²) in [5.41, 5.74) is -2.40. The van der Waals surface area contributed by atoms with E-state index in [1.165, 1.54) is 30.2 Å². The molecule has 0 radical (unpaired) electrons. The lowest BCUT2D eigenvalue weighted by Gasteiger charge is -2.40. The molecule has 1 N–H and O–H groups in total. The number of phenols is 1. The Labute approximate surface area is 243 Å². The van der Waals surface area contributed by atoms with Gasteiger partial charge in [0, 0.05) is 38.1 Å². The van der Waals surface area contributed by atoms with Gasteiger partial charge in [0.15, 0.2) is 32.2 Å². The van der Waals surface area contributed by atoms with Gasteiger partial charge in [-0.1, -0.05) is 12.6 Å². The molecular weight excluding hydrogens is 589 g/mol. The van der Waals surface area contributed by atoms with Crippen LogP contribution in [0.25, 0.3) is 28.0 Å². The van der Waals surface area contributed by atoms with Gasteiger partial charge in [-0.3, -0.25) is 4.79 Å². The first-order chi connectivity index (χ1) is 20.2. The van der Waals surface area contributed by atoms with Crippen molar-refractivity contribution >= 4 is 32.6 Å². The van der Waals surface area contributed by atoms with Gasteiger partial charge in [0.2, 0.25) is 0 Å². The molecule has 0 bridgehead atoms. The summed E-state index contributed by atoms with van der Waals surface area (Å²) in [5.74, 6) is -4.74. The minimum atomic E-state index is -4.02. The Morgan fingerprint density at radius 2 is 1.86 bits per heavy atom. The van der Waals surface area contributed by atoms with E-state index in [0.717, 1.165) is 29.0 Å². The molecule has 1 fully saturated rings. The molecule has 1 aliphatic heterocycles. The molecule has 3 aromatic heterocycles. The number of nitrogens with zero attached hydrogens (tertiary/aromatic N) is 6. The third kappa shape index (κ3) is 5.20. The van der Waals surface area contributed by atoms with E-state index in [9.17, 15) is 31.9 Å². The maximum absolute atomic E-state index is 15.8. The smallest absolute Gasteiger partial charge is 0.355 e. The van der Waals surface area contributed by atoms with Crippen molar-refractivity contribution in [2.75, 3.05) is 30.8 Å². The van der Waals surface area contributed by atoms with E-state index >= 15 is 4.39 Å². The number of hydrogen-bond acceptors (Lipinski definition) is 9. The highest BCUT2D eigenvalue weighted by atomic mass is 32.2. The number of carbonyl (C=O) groups excluding carboxylic acids is 1. The number of benzene rings is 1. The molecule has 1 saturated heterocycles. The first kappa shape index (κ1) is 29.7. The summed E-state index contributed by atoms with van der Waals surface area (Å²) in [5, 5.41) is 9.86.